The van der Waals surface area contributed by atoms with Gasteiger partial charge in [0.05, 0.1) is 11.3 Å². The van der Waals surface area contributed by atoms with Crippen LogP contribution in [-0.4, -0.2) is 35.7 Å². The number of allylic oxidation sites excluding steroid dienone is 1. The van der Waals surface area contributed by atoms with Crippen molar-refractivity contribution in [3.05, 3.63) is 29.1 Å². The van der Waals surface area contributed by atoms with Gasteiger partial charge in [0.1, 0.15) is 5.82 Å². The van der Waals surface area contributed by atoms with Crippen LogP contribution >= 0.6 is 0 Å². The molecule has 7 heteroatoms. The van der Waals surface area contributed by atoms with Gasteiger partial charge in [-0.1, -0.05) is 12.8 Å². The van der Waals surface area contributed by atoms with Gasteiger partial charge < -0.3 is 27.1 Å². The van der Waals surface area contributed by atoms with Crippen LogP contribution in [0.15, 0.2) is 12.3 Å². The van der Waals surface area contributed by atoms with Crippen molar-refractivity contribution in [2.75, 3.05) is 11.9 Å². The molecule has 1 unspecified atom stereocenters. The number of nitrogens with two attached hydrogens (primary N) is 1. The Kier molecular flexibility index (Phi) is 5.33. The van der Waals surface area contributed by atoms with Crippen LogP contribution in [0.5, 0.6) is 0 Å². The van der Waals surface area contributed by atoms with Gasteiger partial charge in [0.2, 0.25) is 0 Å². The van der Waals surface area contributed by atoms with Crippen LogP contribution < -0.4 is 21.7 Å². The number of aromatic nitrogens is 1. The minimum atomic E-state index is -0.136. The van der Waals surface area contributed by atoms with Gasteiger partial charge in [0.25, 0.3) is 5.91 Å². The molecule has 1 fully saturated rings. The molecule has 0 saturated heterocycles. The first kappa shape index (κ1) is 17.4. The number of hydrogen-bond donors (Lipinski definition) is 5. The molecular formula is C18H26N6O. The number of hydrogen-bond acceptors (Lipinski definition) is 6. The van der Waals surface area contributed by atoms with Crippen molar-refractivity contribution in [3.8, 4) is 0 Å². The first-order chi connectivity index (χ1) is 12.1. The molecule has 1 aromatic heterocycles. The SMILES string of the molecule is CCN/C=C(\C=N)c1nc(NC2CCCC[C@@H]2N)cc2c1C(=O)NC2. The zero-order valence-corrected chi connectivity index (χ0v) is 14.6. The third kappa shape index (κ3) is 3.66. The van der Waals surface area contributed by atoms with Gasteiger partial charge in [-0.25, -0.2) is 4.98 Å². The Morgan fingerprint density at radius 3 is 3.00 bits per heavy atom. The fourth-order valence-electron chi connectivity index (χ4n) is 3.46. The Bertz CT molecular complexity index is 699. The summed E-state index contributed by atoms with van der Waals surface area (Å²) in [6.07, 6.45) is 7.34. The van der Waals surface area contributed by atoms with E-state index < -0.39 is 0 Å². The van der Waals surface area contributed by atoms with Crippen molar-refractivity contribution in [2.24, 2.45) is 5.73 Å². The maximum absolute atomic E-state index is 12.2. The van der Waals surface area contributed by atoms with E-state index >= 15 is 0 Å². The first-order valence-corrected chi connectivity index (χ1v) is 8.92. The summed E-state index contributed by atoms with van der Waals surface area (Å²) in [6, 6.07) is 2.23. The first-order valence-electron chi connectivity index (χ1n) is 8.92. The molecule has 2 heterocycles. The molecule has 0 aromatic carbocycles. The Morgan fingerprint density at radius 1 is 1.48 bits per heavy atom. The van der Waals surface area contributed by atoms with Crippen LogP contribution in [-0.2, 0) is 6.54 Å². The van der Waals surface area contributed by atoms with Crippen molar-refractivity contribution in [1.82, 2.24) is 15.6 Å². The molecule has 1 aliphatic heterocycles. The molecule has 0 spiro atoms. The van der Waals surface area contributed by atoms with Crippen molar-refractivity contribution in [3.63, 3.8) is 0 Å². The van der Waals surface area contributed by atoms with Crippen LogP contribution in [0.25, 0.3) is 5.57 Å². The number of carbonyl (C=O) groups excluding carboxylic acids is 1. The molecule has 1 saturated carbocycles. The van der Waals surface area contributed by atoms with Gasteiger partial charge in [0, 0.05) is 43.2 Å². The number of amides is 1. The molecule has 6 N–H and O–H groups in total. The average molecular weight is 342 g/mol. The van der Waals surface area contributed by atoms with Crippen LogP contribution in [0.1, 0.15) is 54.2 Å². The maximum atomic E-state index is 12.2. The second-order valence-corrected chi connectivity index (χ2v) is 6.57. The molecule has 1 aliphatic carbocycles. The zero-order valence-electron chi connectivity index (χ0n) is 14.6. The summed E-state index contributed by atoms with van der Waals surface area (Å²) in [4.78, 5) is 16.9. The Hall–Kier alpha value is -2.41. The summed E-state index contributed by atoms with van der Waals surface area (Å²) in [7, 11) is 0. The van der Waals surface area contributed by atoms with Crippen LogP contribution in [0.2, 0.25) is 0 Å². The summed E-state index contributed by atoms with van der Waals surface area (Å²) in [6.45, 7) is 3.20. The van der Waals surface area contributed by atoms with E-state index in [2.05, 4.69) is 20.9 Å². The van der Waals surface area contributed by atoms with Crippen LogP contribution in [0, 0.1) is 5.41 Å². The van der Waals surface area contributed by atoms with Crippen molar-refractivity contribution < 1.29 is 4.79 Å². The van der Waals surface area contributed by atoms with Gasteiger partial charge in [-0.2, -0.15) is 0 Å². The molecule has 25 heavy (non-hydrogen) atoms. The second kappa shape index (κ2) is 7.65. The minimum absolute atomic E-state index is 0.117. The minimum Gasteiger partial charge on any atom is -0.391 e. The second-order valence-electron chi connectivity index (χ2n) is 6.57. The fraction of sp³-hybridized carbons (Fsp3) is 0.500. The van der Waals surface area contributed by atoms with E-state index in [1.54, 1.807) is 6.20 Å². The lowest BCUT2D eigenvalue weighted by molar-refractivity contribution is 0.0965. The lowest BCUT2D eigenvalue weighted by Crippen LogP contribution is -2.42. The molecule has 2 aliphatic rings. The van der Waals surface area contributed by atoms with E-state index in [1.807, 2.05) is 13.0 Å². The normalized spacial score (nSPS) is 23.0. The van der Waals surface area contributed by atoms with Crippen LogP contribution in [0.4, 0.5) is 5.82 Å². The Morgan fingerprint density at radius 2 is 2.28 bits per heavy atom. The number of nitrogens with one attached hydrogen (secondary N) is 4. The van der Waals surface area contributed by atoms with Gasteiger partial charge in [0.15, 0.2) is 0 Å². The predicted molar refractivity (Wildman–Crippen MR) is 99.7 cm³/mol. The number of pyridine rings is 1. The van der Waals surface area contributed by atoms with E-state index in [9.17, 15) is 4.79 Å². The van der Waals surface area contributed by atoms with Gasteiger partial charge in [-0.3, -0.25) is 4.79 Å². The van der Waals surface area contributed by atoms with E-state index in [1.165, 1.54) is 12.6 Å². The summed E-state index contributed by atoms with van der Waals surface area (Å²) >= 11 is 0. The lowest BCUT2D eigenvalue weighted by Gasteiger charge is -2.30. The summed E-state index contributed by atoms with van der Waals surface area (Å²) < 4.78 is 0. The van der Waals surface area contributed by atoms with Crippen molar-refractivity contribution in [2.45, 2.75) is 51.2 Å². The van der Waals surface area contributed by atoms with E-state index in [-0.39, 0.29) is 18.0 Å². The topological polar surface area (TPSA) is 116 Å². The number of rotatable bonds is 6. The largest absolute Gasteiger partial charge is 0.391 e. The van der Waals surface area contributed by atoms with Gasteiger partial charge >= 0.3 is 0 Å². The molecule has 3 rings (SSSR count). The predicted octanol–water partition coefficient (Wildman–Crippen LogP) is 1.61. The highest BCUT2D eigenvalue weighted by Crippen LogP contribution is 2.28. The lowest BCUT2D eigenvalue weighted by atomic mass is 9.91. The quantitative estimate of drug-likeness (QED) is 0.504. The molecule has 7 nitrogen and oxygen atoms in total. The third-order valence-corrected chi connectivity index (χ3v) is 4.81. The number of anilines is 1. The maximum Gasteiger partial charge on any atom is 0.254 e. The van der Waals surface area contributed by atoms with Gasteiger partial charge in [-0.15, -0.1) is 0 Å². The highest BCUT2D eigenvalue weighted by Gasteiger charge is 2.28. The average Bonchev–Trinajstić information content (AvgIpc) is 2.98. The highest BCUT2D eigenvalue weighted by molar-refractivity contribution is 6.13. The Labute approximate surface area is 148 Å². The van der Waals surface area contributed by atoms with E-state index in [0.29, 0.717) is 23.4 Å². The van der Waals surface area contributed by atoms with E-state index in [4.69, 9.17) is 11.1 Å². The smallest absolute Gasteiger partial charge is 0.254 e. The molecule has 0 bridgehead atoms. The number of fused-ring (bicyclic) bond motifs is 1. The molecule has 0 radical (unpaired) electrons. The molecule has 2 atom stereocenters. The standard InChI is InChI=1S/C18H26N6O/c1-2-21-9-12(8-19)17-16-11(10-22-18(16)25)7-15(24-17)23-14-6-4-3-5-13(14)20/h7-9,13-14,19,21H,2-6,10,20H2,1H3,(H,22,25)(H,23,24)/b12-9+,19-8?/t13-,14?/m0/s1. The summed E-state index contributed by atoms with van der Waals surface area (Å²) in [5.41, 5.74) is 8.83. The zero-order chi connectivity index (χ0) is 17.8. The number of carbonyl (C=O) groups is 1. The van der Waals surface area contributed by atoms with Crippen LogP contribution in [0.3, 0.4) is 0 Å². The third-order valence-electron chi connectivity index (χ3n) is 4.81. The highest BCUT2D eigenvalue weighted by atomic mass is 16.1. The van der Waals surface area contributed by atoms with Gasteiger partial charge in [-0.05, 0) is 31.4 Å². The fourth-order valence-corrected chi connectivity index (χ4v) is 3.46. The monoisotopic (exact) mass is 342 g/mol. The molecule has 134 valence electrons. The molecule has 1 amide bonds. The number of nitrogens with zero attached hydrogens (tertiary/aromatic N) is 1. The molecule has 1 aromatic rings. The summed E-state index contributed by atoms with van der Waals surface area (Å²) in [5, 5.41) is 17.1. The van der Waals surface area contributed by atoms with Crippen molar-refractivity contribution >= 4 is 23.5 Å². The Balaban J connectivity index is 1.97. The summed E-state index contributed by atoms with van der Waals surface area (Å²) in [5.74, 6) is 0.583. The van der Waals surface area contributed by atoms with E-state index in [0.717, 1.165) is 37.2 Å². The van der Waals surface area contributed by atoms with Crippen molar-refractivity contribution in [1.29, 1.82) is 5.41 Å². The molecular weight excluding hydrogens is 316 g/mol.